The minimum atomic E-state index is -0.435. The number of carbonyl (C=O) groups is 1. The van der Waals surface area contributed by atoms with Crippen LogP contribution in [-0.2, 0) is 9.53 Å². The van der Waals surface area contributed by atoms with Crippen LogP contribution in [0.15, 0.2) is 12.1 Å². The van der Waals surface area contributed by atoms with Crippen LogP contribution in [0.3, 0.4) is 0 Å². The van der Waals surface area contributed by atoms with Crippen LogP contribution in [0.25, 0.3) is 0 Å². The number of hydrogen-bond acceptors (Lipinski definition) is 3. The number of ether oxygens (including phenoxy) is 1. The van der Waals surface area contributed by atoms with Crippen LogP contribution in [0.1, 0.15) is 69.8 Å². The standard InChI is InChI=1S/C21H29F2NO2/c1-13-3-5-14(6-4-13)20-18(22)11-17(12-19(20)23)24-16-9-7-15(8-10-16)21(25)26-2/h11-16,24H,3-10H2,1-2H3. The van der Waals surface area contributed by atoms with E-state index in [4.69, 9.17) is 4.74 Å². The summed E-state index contributed by atoms with van der Waals surface area (Å²) in [5, 5.41) is 3.25. The van der Waals surface area contributed by atoms with Gasteiger partial charge in [-0.2, -0.15) is 0 Å². The monoisotopic (exact) mass is 365 g/mol. The van der Waals surface area contributed by atoms with E-state index in [-0.39, 0.29) is 29.4 Å². The molecule has 0 saturated heterocycles. The summed E-state index contributed by atoms with van der Waals surface area (Å²) < 4.78 is 34.0. The van der Waals surface area contributed by atoms with Crippen molar-refractivity contribution in [2.75, 3.05) is 12.4 Å². The Kier molecular flexibility index (Phi) is 6.15. The maximum Gasteiger partial charge on any atom is 0.308 e. The van der Waals surface area contributed by atoms with Crippen molar-refractivity contribution in [2.45, 2.75) is 70.3 Å². The summed E-state index contributed by atoms with van der Waals surface area (Å²) in [5.41, 5.74) is 0.756. The van der Waals surface area contributed by atoms with Gasteiger partial charge < -0.3 is 10.1 Å². The van der Waals surface area contributed by atoms with Gasteiger partial charge in [0, 0.05) is 17.3 Å². The van der Waals surface area contributed by atoms with Crippen LogP contribution in [-0.4, -0.2) is 19.1 Å². The average molecular weight is 365 g/mol. The van der Waals surface area contributed by atoms with Crippen molar-refractivity contribution >= 4 is 11.7 Å². The first-order chi connectivity index (χ1) is 12.5. The molecule has 2 saturated carbocycles. The predicted octanol–water partition coefficient (Wildman–Crippen LogP) is 5.40. The van der Waals surface area contributed by atoms with Crippen molar-refractivity contribution in [3.8, 4) is 0 Å². The Morgan fingerprint density at radius 1 is 1.00 bits per heavy atom. The molecule has 1 aromatic carbocycles. The summed E-state index contributed by atoms with van der Waals surface area (Å²) in [6.45, 7) is 2.20. The normalized spacial score (nSPS) is 29.2. The summed E-state index contributed by atoms with van der Waals surface area (Å²) in [5.74, 6) is -0.436. The van der Waals surface area contributed by atoms with Gasteiger partial charge in [0.1, 0.15) is 11.6 Å². The predicted molar refractivity (Wildman–Crippen MR) is 98.1 cm³/mol. The molecule has 0 aromatic heterocycles. The first kappa shape index (κ1) is 19.1. The van der Waals surface area contributed by atoms with Crippen LogP contribution in [0, 0.1) is 23.5 Å². The van der Waals surface area contributed by atoms with Crippen molar-refractivity contribution in [1.29, 1.82) is 0 Å². The number of carbonyl (C=O) groups excluding carboxylic acids is 1. The SMILES string of the molecule is COC(=O)C1CCC(Nc2cc(F)c(C3CCC(C)CC3)c(F)c2)CC1. The molecule has 0 spiro atoms. The highest BCUT2D eigenvalue weighted by molar-refractivity contribution is 5.72. The number of hydrogen-bond donors (Lipinski definition) is 1. The largest absolute Gasteiger partial charge is 0.469 e. The Bertz CT molecular complexity index is 610. The highest BCUT2D eigenvalue weighted by Gasteiger charge is 2.28. The second-order valence-corrected chi connectivity index (χ2v) is 8.03. The third kappa shape index (κ3) is 4.36. The third-order valence-electron chi connectivity index (χ3n) is 6.14. The Morgan fingerprint density at radius 2 is 1.58 bits per heavy atom. The molecule has 0 amide bonds. The van der Waals surface area contributed by atoms with Gasteiger partial charge in [0.25, 0.3) is 0 Å². The number of rotatable bonds is 4. The highest BCUT2D eigenvalue weighted by atomic mass is 19.1. The van der Waals surface area contributed by atoms with Crippen LogP contribution in [0.2, 0.25) is 0 Å². The lowest BCUT2D eigenvalue weighted by Gasteiger charge is -2.29. The Hall–Kier alpha value is -1.65. The number of esters is 1. The van der Waals surface area contributed by atoms with Crippen LogP contribution in [0.5, 0.6) is 0 Å². The lowest BCUT2D eigenvalue weighted by atomic mass is 9.79. The zero-order valence-corrected chi connectivity index (χ0v) is 15.7. The van der Waals surface area contributed by atoms with Gasteiger partial charge in [0.2, 0.25) is 0 Å². The van der Waals surface area contributed by atoms with E-state index >= 15 is 0 Å². The highest BCUT2D eigenvalue weighted by Crippen LogP contribution is 2.39. The van der Waals surface area contributed by atoms with Gasteiger partial charge in [-0.25, -0.2) is 8.78 Å². The molecular weight excluding hydrogens is 336 g/mol. The molecule has 0 aliphatic heterocycles. The summed E-state index contributed by atoms with van der Waals surface area (Å²) >= 11 is 0. The Labute approximate surface area is 154 Å². The first-order valence-corrected chi connectivity index (χ1v) is 9.81. The van der Waals surface area contributed by atoms with E-state index in [0.29, 0.717) is 11.6 Å². The molecule has 2 aliphatic rings. The van der Waals surface area contributed by atoms with E-state index in [1.54, 1.807) is 0 Å². The van der Waals surface area contributed by atoms with E-state index in [9.17, 15) is 13.6 Å². The second kappa shape index (κ2) is 8.36. The van der Waals surface area contributed by atoms with Gasteiger partial charge in [0.05, 0.1) is 13.0 Å². The molecule has 5 heteroatoms. The zero-order chi connectivity index (χ0) is 18.7. The fourth-order valence-corrected chi connectivity index (χ4v) is 4.48. The van der Waals surface area contributed by atoms with E-state index in [2.05, 4.69) is 12.2 Å². The fourth-order valence-electron chi connectivity index (χ4n) is 4.48. The minimum Gasteiger partial charge on any atom is -0.469 e. The van der Waals surface area contributed by atoms with Crippen molar-refractivity contribution in [2.24, 2.45) is 11.8 Å². The lowest BCUT2D eigenvalue weighted by Crippen LogP contribution is -2.30. The Balaban J connectivity index is 1.62. The van der Waals surface area contributed by atoms with Gasteiger partial charge in [0.15, 0.2) is 0 Å². The topological polar surface area (TPSA) is 38.3 Å². The molecule has 0 atom stereocenters. The number of methoxy groups -OCH3 is 1. The maximum absolute atomic E-state index is 14.6. The number of halogens is 2. The van der Waals surface area contributed by atoms with Crippen molar-refractivity contribution < 1.29 is 18.3 Å². The van der Waals surface area contributed by atoms with E-state index < -0.39 is 11.6 Å². The average Bonchev–Trinajstić information content (AvgIpc) is 2.63. The summed E-state index contributed by atoms with van der Waals surface area (Å²) in [4.78, 5) is 11.6. The minimum absolute atomic E-state index is 0.00394. The Morgan fingerprint density at radius 3 is 2.12 bits per heavy atom. The zero-order valence-electron chi connectivity index (χ0n) is 15.7. The van der Waals surface area contributed by atoms with E-state index in [1.165, 1.54) is 19.2 Å². The van der Waals surface area contributed by atoms with Crippen LogP contribution >= 0.6 is 0 Å². The number of anilines is 1. The van der Waals surface area contributed by atoms with Gasteiger partial charge in [-0.05, 0) is 62.5 Å². The third-order valence-corrected chi connectivity index (χ3v) is 6.14. The lowest BCUT2D eigenvalue weighted by molar-refractivity contribution is -0.146. The molecular formula is C21H29F2NO2. The summed E-state index contributed by atoms with van der Waals surface area (Å²) in [6.07, 6.45) is 6.87. The number of benzene rings is 1. The quantitative estimate of drug-likeness (QED) is 0.726. The summed E-state index contributed by atoms with van der Waals surface area (Å²) in [6, 6.07) is 3.00. The van der Waals surface area contributed by atoms with Gasteiger partial charge in [-0.3, -0.25) is 4.79 Å². The molecule has 2 fully saturated rings. The molecule has 3 rings (SSSR count). The fraction of sp³-hybridized carbons (Fsp3) is 0.667. The molecule has 26 heavy (non-hydrogen) atoms. The molecule has 2 aliphatic carbocycles. The van der Waals surface area contributed by atoms with E-state index in [1.807, 2.05) is 0 Å². The molecule has 1 N–H and O–H groups in total. The molecule has 0 bridgehead atoms. The van der Waals surface area contributed by atoms with Gasteiger partial charge in [-0.1, -0.05) is 19.8 Å². The molecule has 1 aromatic rings. The number of nitrogens with one attached hydrogen (secondary N) is 1. The first-order valence-electron chi connectivity index (χ1n) is 9.81. The van der Waals surface area contributed by atoms with Crippen molar-refractivity contribution in [3.05, 3.63) is 29.3 Å². The van der Waals surface area contributed by atoms with Crippen molar-refractivity contribution in [1.82, 2.24) is 0 Å². The van der Waals surface area contributed by atoms with Crippen molar-refractivity contribution in [3.63, 3.8) is 0 Å². The second-order valence-electron chi connectivity index (χ2n) is 8.03. The molecule has 0 radical (unpaired) electrons. The molecule has 144 valence electrons. The van der Waals surface area contributed by atoms with Gasteiger partial charge in [-0.15, -0.1) is 0 Å². The summed E-state index contributed by atoms with van der Waals surface area (Å²) in [7, 11) is 1.41. The van der Waals surface area contributed by atoms with Crippen LogP contribution < -0.4 is 5.32 Å². The smallest absolute Gasteiger partial charge is 0.308 e. The molecule has 0 unspecified atom stereocenters. The van der Waals surface area contributed by atoms with Gasteiger partial charge >= 0.3 is 5.97 Å². The molecule has 3 nitrogen and oxygen atoms in total. The maximum atomic E-state index is 14.6. The van der Waals surface area contributed by atoms with Crippen LogP contribution in [0.4, 0.5) is 14.5 Å². The van der Waals surface area contributed by atoms with E-state index in [0.717, 1.165) is 51.4 Å². The molecule has 0 heterocycles.